The second-order valence-corrected chi connectivity index (χ2v) is 7.35. The topological polar surface area (TPSA) is 84.3 Å². The summed E-state index contributed by atoms with van der Waals surface area (Å²) < 4.78 is 27.4. The predicted molar refractivity (Wildman–Crippen MR) is 84.0 cm³/mol. The highest BCUT2D eigenvalue weighted by Crippen LogP contribution is 2.21. The Morgan fingerprint density at radius 1 is 1.36 bits per heavy atom. The van der Waals surface area contributed by atoms with Gasteiger partial charge >= 0.3 is 0 Å². The first kappa shape index (κ1) is 16.4. The van der Waals surface area contributed by atoms with Crippen LogP contribution in [-0.2, 0) is 28.3 Å². The molecule has 1 aromatic carbocycles. The number of hydrogen-bond donors (Lipinski definition) is 1. The van der Waals surface area contributed by atoms with E-state index in [1.54, 1.807) is 25.2 Å². The van der Waals surface area contributed by atoms with Gasteiger partial charge < -0.3 is 9.88 Å². The lowest BCUT2D eigenvalue weighted by Crippen LogP contribution is -2.22. The molecule has 0 spiro atoms. The van der Waals surface area contributed by atoms with Crippen LogP contribution in [-0.4, -0.2) is 49.3 Å². The average molecular weight is 324 g/mol. The number of carbonyl (C=O) groups is 1. The largest absolute Gasteiger partial charge is 0.359 e. The van der Waals surface area contributed by atoms with E-state index in [0.717, 1.165) is 11.3 Å². The summed E-state index contributed by atoms with van der Waals surface area (Å²) in [7, 11) is 2.95. The standard InChI is InChI=1S/C14H20N4O3S/c1-15-14(19)8-7-13-16-11-9-10(22(20,21)17(2)3)5-6-12(11)18(13)4/h5-6,9H,7-8H2,1-4H3,(H,15,19). The number of rotatable bonds is 5. The van der Waals surface area contributed by atoms with Gasteiger partial charge in [-0.3, -0.25) is 4.79 Å². The zero-order valence-electron chi connectivity index (χ0n) is 13.1. The van der Waals surface area contributed by atoms with Gasteiger partial charge in [-0.2, -0.15) is 0 Å². The van der Waals surface area contributed by atoms with Gasteiger partial charge in [0.1, 0.15) is 5.82 Å². The molecule has 8 heteroatoms. The molecule has 1 amide bonds. The molecule has 22 heavy (non-hydrogen) atoms. The van der Waals surface area contributed by atoms with Gasteiger partial charge in [-0.05, 0) is 18.2 Å². The summed E-state index contributed by atoms with van der Waals surface area (Å²) in [6, 6.07) is 4.87. The van der Waals surface area contributed by atoms with Gasteiger partial charge in [-0.15, -0.1) is 0 Å². The smallest absolute Gasteiger partial charge is 0.242 e. The third-order valence-electron chi connectivity index (χ3n) is 3.58. The van der Waals surface area contributed by atoms with Gasteiger partial charge in [0.05, 0.1) is 15.9 Å². The van der Waals surface area contributed by atoms with E-state index < -0.39 is 10.0 Å². The zero-order valence-corrected chi connectivity index (χ0v) is 13.9. The lowest BCUT2D eigenvalue weighted by atomic mass is 10.3. The summed E-state index contributed by atoms with van der Waals surface area (Å²) in [6.45, 7) is 0. The molecule has 1 N–H and O–H groups in total. The highest BCUT2D eigenvalue weighted by atomic mass is 32.2. The lowest BCUT2D eigenvalue weighted by molar-refractivity contribution is -0.120. The Balaban J connectivity index is 2.41. The van der Waals surface area contributed by atoms with Crippen LogP contribution in [0.25, 0.3) is 11.0 Å². The third-order valence-corrected chi connectivity index (χ3v) is 5.39. The summed E-state index contributed by atoms with van der Waals surface area (Å²) in [6.07, 6.45) is 0.844. The average Bonchev–Trinajstić information content (AvgIpc) is 2.80. The molecular weight excluding hydrogens is 304 g/mol. The number of nitrogens with one attached hydrogen (secondary N) is 1. The first-order valence-corrected chi connectivity index (χ1v) is 8.30. The fourth-order valence-corrected chi connectivity index (χ4v) is 3.10. The summed E-state index contributed by atoms with van der Waals surface area (Å²) >= 11 is 0. The number of amides is 1. The van der Waals surface area contributed by atoms with Crippen molar-refractivity contribution in [2.45, 2.75) is 17.7 Å². The molecule has 1 heterocycles. The van der Waals surface area contributed by atoms with Crippen molar-refractivity contribution < 1.29 is 13.2 Å². The molecule has 0 aliphatic carbocycles. The number of imidazole rings is 1. The minimum absolute atomic E-state index is 0.0528. The predicted octanol–water partition coefficient (Wildman–Crippen LogP) is 0.502. The van der Waals surface area contributed by atoms with Crippen molar-refractivity contribution in [1.82, 2.24) is 19.2 Å². The van der Waals surface area contributed by atoms with E-state index in [1.165, 1.54) is 18.4 Å². The number of aromatic nitrogens is 2. The molecule has 0 fully saturated rings. The lowest BCUT2D eigenvalue weighted by Gasteiger charge is -2.10. The number of nitrogens with zero attached hydrogens (tertiary/aromatic N) is 3. The van der Waals surface area contributed by atoms with Crippen LogP contribution in [0.3, 0.4) is 0 Å². The molecule has 0 aliphatic heterocycles. The molecule has 2 rings (SSSR count). The van der Waals surface area contributed by atoms with Crippen molar-refractivity contribution in [1.29, 1.82) is 0 Å². The number of sulfonamides is 1. The van der Waals surface area contributed by atoms with Gasteiger partial charge in [0, 0.05) is 41.0 Å². The Kier molecular flexibility index (Phi) is 4.52. The van der Waals surface area contributed by atoms with E-state index in [1.807, 2.05) is 11.6 Å². The summed E-state index contributed by atoms with van der Waals surface area (Å²) in [5, 5.41) is 2.57. The number of benzene rings is 1. The summed E-state index contributed by atoms with van der Waals surface area (Å²) in [5.74, 6) is 0.695. The first-order chi connectivity index (χ1) is 10.3. The minimum atomic E-state index is -3.48. The molecule has 0 bridgehead atoms. The minimum Gasteiger partial charge on any atom is -0.359 e. The normalized spacial score (nSPS) is 12.0. The highest BCUT2D eigenvalue weighted by molar-refractivity contribution is 7.89. The number of hydrogen-bond acceptors (Lipinski definition) is 4. The Morgan fingerprint density at radius 3 is 2.64 bits per heavy atom. The van der Waals surface area contributed by atoms with E-state index >= 15 is 0 Å². The van der Waals surface area contributed by atoms with Crippen LogP contribution in [0, 0.1) is 0 Å². The van der Waals surface area contributed by atoms with Crippen LogP contribution < -0.4 is 5.32 Å². The maximum Gasteiger partial charge on any atom is 0.242 e. The van der Waals surface area contributed by atoms with E-state index in [9.17, 15) is 13.2 Å². The maximum absolute atomic E-state index is 12.2. The summed E-state index contributed by atoms with van der Waals surface area (Å²) in [5.41, 5.74) is 1.45. The highest BCUT2D eigenvalue weighted by Gasteiger charge is 2.19. The molecule has 7 nitrogen and oxygen atoms in total. The van der Waals surface area contributed by atoms with Crippen LogP contribution >= 0.6 is 0 Å². The Hall–Kier alpha value is -1.93. The van der Waals surface area contributed by atoms with Crippen LogP contribution in [0.5, 0.6) is 0 Å². The monoisotopic (exact) mass is 324 g/mol. The van der Waals surface area contributed by atoms with E-state index in [4.69, 9.17) is 0 Å². The van der Waals surface area contributed by atoms with E-state index in [-0.39, 0.29) is 10.8 Å². The molecule has 0 aliphatic rings. The Bertz CT molecular complexity index is 809. The third kappa shape index (κ3) is 2.97. The van der Waals surface area contributed by atoms with Gasteiger partial charge in [0.25, 0.3) is 0 Å². The van der Waals surface area contributed by atoms with Crippen molar-refractivity contribution >= 4 is 27.0 Å². The maximum atomic E-state index is 12.2. The number of fused-ring (bicyclic) bond motifs is 1. The SMILES string of the molecule is CNC(=O)CCc1nc2cc(S(=O)(=O)N(C)C)ccc2n1C. The van der Waals surface area contributed by atoms with Crippen molar-refractivity contribution in [3.05, 3.63) is 24.0 Å². The van der Waals surface area contributed by atoms with Crippen molar-refractivity contribution in [3.63, 3.8) is 0 Å². The van der Waals surface area contributed by atoms with Gasteiger partial charge in [0.15, 0.2) is 0 Å². The molecule has 1 aromatic heterocycles. The molecule has 2 aromatic rings. The molecule has 0 saturated carbocycles. The second kappa shape index (κ2) is 6.05. The number of carbonyl (C=O) groups excluding carboxylic acids is 1. The number of aryl methyl sites for hydroxylation is 2. The molecule has 0 unspecified atom stereocenters. The fraction of sp³-hybridized carbons (Fsp3) is 0.429. The first-order valence-electron chi connectivity index (χ1n) is 6.86. The Morgan fingerprint density at radius 2 is 2.05 bits per heavy atom. The quantitative estimate of drug-likeness (QED) is 0.868. The molecular formula is C14H20N4O3S. The second-order valence-electron chi connectivity index (χ2n) is 5.20. The zero-order chi connectivity index (χ0) is 16.5. The summed E-state index contributed by atoms with van der Waals surface area (Å²) in [4.78, 5) is 16.0. The van der Waals surface area contributed by atoms with Gasteiger partial charge in [-0.1, -0.05) is 0 Å². The van der Waals surface area contributed by atoms with Crippen molar-refractivity contribution in [2.75, 3.05) is 21.1 Å². The van der Waals surface area contributed by atoms with Crippen molar-refractivity contribution in [3.8, 4) is 0 Å². The van der Waals surface area contributed by atoms with E-state index in [2.05, 4.69) is 10.3 Å². The van der Waals surface area contributed by atoms with Crippen LogP contribution in [0.15, 0.2) is 23.1 Å². The molecule has 0 radical (unpaired) electrons. The van der Waals surface area contributed by atoms with Gasteiger partial charge in [0.2, 0.25) is 15.9 Å². The Labute approximate surface area is 130 Å². The van der Waals surface area contributed by atoms with Crippen LogP contribution in [0.2, 0.25) is 0 Å². The van der Waals surface area contributed by atoms with Crippen LogP contribution in [0.4, 0.5) is 0 Å². The molecule has 120 valence electrons. The molecule has 0 atom stereocenters. The van der Waals surface area contributed by atoms with Gasteiger partial charge in [-0.25, -0.2) is 17.7 Å². The van der Waals surface area contributed by atoms with E-state index in [0.29, 0.717) is 18.4 Å². The van der Waals surface area contributed by atoms with Crippen LogP contribution in [0.1, 0.15) is 12.2 Å². The van der Waals surface area contributed by atoms with Crippen molar-refractivity contribution in [2.24, 2.45) is 7.05 Å². The molecule has 0 saturated heterocycles. The fourth-order valence-electron chi connectivity index (χ4n) is 2.17.